The lowest BCUT2D eigenvalue weighted by atomic mass is 9.83. The molecule has 3 aromatic carbocycles. The van der Waals surface area contributed by atoms with Crippen molar-refractivity contribution in [2.45, 2.75) is 200 Å². The molecule has 5 fully saturated rings. The number of phenols is 1. The molecule has 9 heterocycles. The van der Waals surface area contributed by atoms with Crippen LogP contribution in [0.4, 0.5) is 25.2 Å². The zero-order chi connectivity index (χ0) is 71.2. The van der Waals surface area contributed by atoms with Gasteiger partial charge in [0.1, 0.15) is 60.8 Å². The van der Waals surface area contributed by atoms with Crippen molar-refractivity contribution in [2.24, 2.45) is 17.8 Å². The maximum atomic E-state index is 18.0. The molecule has 2 bridgehead atoms. The number of piperazine rings is 1. The third-order valence-electron chi connectivity index (χ3n) is 22.0. The first-order chi connectivity index (χ1) is 47.7. The first-order valence-corrected chi connectivity index (χ1v) is 39.2. The van der Waals surface area contributed by atoms with E-state index < -0.39 is 43.4 Å². The Morgan fingerprint density at radius 3 is 2.13 bits per heavy atom. The molecule has 19 nitrogen and oxygen atoms in total. The molecule has 2 unspecified atom stereocenters. The molecular formula is C77H99F2N11O8SSi. The Balaban J connectivity index is 0.689. The third-order valence-corrected chi connectivity index (χ3v) is 29.2. The van der Waals surface area contributed by atoms with Gasteiger partial charge in [-0.3, -0.25) is 24.4 Å². The number of phenolic OH excluding ortho intramolecular Hbond substituents is 1. The van der Waals surface area contributed by atoms with Gasteiger partial charge >= 0.3 is 12.1 Å². The summed E-state index contributed by atoms with van der Waals surface area (Å²) < 4.78 is 52.7. The van der Waals surface area contributed by atoms with Crippen LogP contribution in [-0.2, 0) is 14.3 Å². The Labute approximate surface area is 591 Å². The van der Waals surface area contributed by atoms with Crippen molar-refractivity contribution in [3.8, 4) is 44.9 Å². The van der Waals surface area contributed by atoms with E-state index in [2.05, 4.69) is 83.2 Å². The zero-order valence-electron chi connectivity index (χ0n) is 60.3. The summed E-state index contributed by atoms with van der Waals surface area (Å²) in [6.07, 6.45) is 7.25. The number of carbonyl (C=O) groups excluding carboxylic acids is 3. The van der Waals surface area contributed by atoms with Crippen molar-refractivity contribution in [2.75, 3.05) is 68.8 Å². The van der Waals surface area contributed by atoms with Crippen LogP contribution < -0.4 is 19.9 Å². The molecule has 12 rings (SSSR count). The van der Waals surface area contributed by atoms with Crippen molar-refractivity contribution >= 4 is 70.6 Å². The van der Waals surface area contributed by atoms with Crippen LogP contribution in [0.1, 0.15) is 169 Å². The minimum atomic E-state index is -2.36. The van der Waals surface area contributed by atoms with Gasteiger partial charge in [0.15, 0.2) is 17.4 Å². The highest BCUT2D eigenvalue weighted by Gasteiger charge is 2.47. The Bertz CT molecular complexity index is 4150. The molecule has 5 aliphatic rings. The van der Waals surface area contributed by atoms with Gasteiger partial charge in [0.2, 0.25) is 11.8 Å². The number of hydrogen-bond donors (Lipinski definition) is 3. The topological polar surface area (TPSA) is 216 Å². The highest BCUT2D eigenvalue weighted by atomic mass is 32.1. The molecule has 534 valence electrons. The van der Waals surface area contributed by atoms with Crippen molar-refractivity contribution in [3.05, 3.63) is 101 Å². The number of nitrogens with one attached hydrogen (secondary N) is 1. The molecule has 3 amide bonds. The molecule has 6 atom stereocenters. The van der Waals surface area contributed by atoms with Crippen molar-refractivity contribution in [1.82, 2.24) is 45.1 Å². The van der Waals surface area contributed by atoms with E-state index in [0.29, 0.717) is 65.0 Å². The van der Waals surface area contributed by atoms with Gasteiger partial charge < -0.3 is 44.2 Å². The smallest absolute Gasteiger partial charge is 0.410 e. The van der Waals surface area contributed by atoms with E-state index in [1.54, 1.807) is 23.6 Å². The predicted molar refractivity (Wildman–Crippen MR) is 390 cm³/mol. The average Bonchev–Trinajstić information content (AvgIpc) is 0.884. The minimum Gasteiger partial charge on any atom is -0.508 e. The van der Waals surface area contributed by atoms with E-state index >= 15 is 8.78 Å². The average molecular weight is 1400 g/mol. The standard InChI is InChI=1S/C77H99F2N11O8SSi/c1-44(2)66(74(94)89-42-58(92)37-63(89)73(93)82-48(9)52-14-16-53(17-15-52)71-49(10)81-43-99-71)64-38-65(85-98-64)87-29-24-51(25-30-87)34-50-22-27-86(28-23-50)31-32-96-75-83-70-61(72(84-75)88-40-55-19-20-56(41-88)90(55)76(95)97-77(11,12)13)39-80-69(68(70)79)60-36-57(91)35-54-18-21-62(78)59(67(54)60)26-33-100(45(3)4,46(5)6)47(7)8/h14-18,21,35-36,38-39,43-48,50-51,55-56,58,63,66,91-92H,19-20,22-25,27-32,34,37,40-42H2,1-13H3,(H,82,93)/t48-,55?,56?,58+,63-,66+/m0/s1. The van der Waals surface area contributed by atoms with Gasteiger partial charge in [0.05, 0.1) is 51.3 Å². The molecule has 7 aromatic rings. The second-order valence-electron chi connectivity index (χ2n) is 31.0. The summed E-state index contributed by atoms with van der Waals surface area (Å²) in [5, 5.41) is 30.9. The lowest BCUT2D eigenvalue weighted by Crippen LogP contribution is -2.57. The number of benzene rings is 3. The van der Waals surface area contributed by atoms with Crippen LogP contribution in [0.5, 0.6) is 11.8 Å². The van der Waals surface area contributed by atoms with Crippen LogP contribution in [0.25, 0.3) is 43.4 Å². The number of aliphatic hydroxyl groups excluding tert-OH is 1. The van der Waals surface area contributed by atoms with E-state index in [-0.39, 0.29) is 112 Å². The largest absolute Gasteiger partial charge is 0.508 e. The van der Waals surface area contributed by atoms with Crippen LogP contribution in [0, 0.1) is 47.8 Å². The number of carbonyl (C=O) groups is 3. The number of piperidine rings is 2. The zero-order valence-corrected chi connectivity index (χ0v) is 62.1. The van der Waals surface area contributed by atoms with Crippen molar-refractivity contribution < 1.29 is 47.4 Å². The van der Waals surface area contributed by atoms with Gasteiger partial charge in [0, 0.05) is 68.9 Å². The normalized spacial score (nSPS) is 20.3. The van der Waals surface area contributed by atoms with Crippen LogP contribution in [0.15, 0.2) is 70.8 Å². The highest BCUT2D eigenvalue weighted by molar-refractivity contribution is 7.13. The number of amides is 3. The predicted octanol–water partition coefficient (Wildman–Crippen LogP) is 14.4. The van der Waals surface area contributed by atoms with E-state index in [0.717, 1.165) is 92.8 Å². The Hall–Kier alpha value is -7.78. The number of anilines is 2. The van der Waals surface area contributed by atoms with Crippen LogP contribution in [-0.4, -0.2) is 165 Å². The Kier molecular flexibility index (Phi) is 21.4. The number of hydrogen-bond acceptors (Lipinski definition) is 17. The second kappa shape index (κ2) is 29.7. The maximum absolute atomic E-state index is 18.0. The summed E-state index contributed by atoms with van der Waals surface area (Å²) in [6.45, 7) is 31.7. The number of halogens is 2. The van der Waals surface area contributed by atoms with Gasteiger partial charge in [-0.2, -0.15) is 9.97 Å². The first-order valence-electron chi connectivity index (χ1n) is 36.1. The fourth-order valence-electron chi connectivity index (χ4n) is 16.8. The molecule has 23 heteroatoms. The number of β-amino-alcohol motifs (C(OH)–C–C–N with tert-alkyl or cyclic N) is 1. The summed E-state index contributed by atoms with van der Waals surface area (Å²) in [6, 6.07) is 14.3. The van der Waals surface area contributed by atoms with E-state index in [1.165, 1.54) is 23.1 Å². The van der Waals surface area contributed by atoms with Crippen LogP contribution in [0.3, 0.4) is 0 Å². The number of pyridine rings is 1. The molecular weight excluding hydrogens is 1310 g/mol. The summed E-state index contributed by atoms with van der Waals surface area (Å²) in [5.41, 5.74) is 8.79. The number of aryl methyl sites for hydroxylation is 1. The third kappa shape index (κ3) is 14.9. The van der Waals surface area contributed by atoms with Gasteiger partial charge in [-0.25, -0.2) is 18.6 Å². The molecule has 0 saturated carbocycles. The van der Waals surface area contributed by atoms with Crippen LogP contribution in [0.2, 0.25) is 16.6 Å². The fraction of sp³-hybridized carbons (Fsp3) is 0.558. The van der Waals surface area contributed by atoms with E-state index in [1.807, 2.05) is 89.2 Å². The molecule has 3 N–H and O–H groups in total. The molecule has 0 spiro atoms. The number of aliphatic hydroxyl groups is 1. The molecule has 0 aliphatic carbocycles. The van der Waals surface area contributed by atoms with Gasteiger partial charge in [0.25, 0.3) is 0 Å². The number of likely N-dealkylation sites (tertiary alicyclic amines) is 2. The van der Waals surface area contributed by atoms with Crippen molar-refractivity contribution in [3.63, 3.8) is 0 Å². The van der Waals surface area contributed by atoms with Crippen LogP contribution >= 0.6 is 11.3 Å². The summed E-state index contributed by atoms with van der Waals surface area (Å²) >= 11 is 1.59. The number of aromatic hydroxyl groups is 1. The van der Waals surface area contributed by atoms with Gasteiger partial charge in [-0.1, -0.05) is 96.8 Å². The minimum absolute atomic E-state index is 0.00257. The highest BCUT2D eigenvalue weighted by Crippen LogP contribution is 2.45. The lowest BCUT2D eigenvalue weighted by molar-refractivity contribution is -0.141. The molecule has 5 saturated heterocycles. The molecule has 5 aliphatic heterocycles. The number of fused-ring (bicyclic) bond motifs is 4. The molecule has 0 radical (unpaired) electrons. The number of ether oxygens (including phenoxy) is 2. The first kappa shape index (κ1) is 72.0. The number of rotatable bonds is 19. The van der Waals surface area contributed by atoms with Crippen molar-refractivity contribution in [1.29, 1.82) is 0 Å². The molecule has 4 aromatic heterocycles. The Morgan fingerprint density at radius 2 is 1.50 bits per heavy atom. The monoisotopic (exact) mass is 1400 g/mol. The molecule has 100 heavy (non-hydrogen) atoms. The fourth-order valence-corrected chi connectivity index (χ4v) is 22.8. The van der Waals surface area contributed by atoms with E-state index in [4.69, 9.17) is 28.9 Å². The number of aromatic nitrogens is 5. The Morgan fingerprint density at radius 1 is 0.830 bits per heavy atom. The lowest BCUT2D eigenvalue weighted by Gasteiger charge is -2.42. The van der Waals surface area contributed by atoms with Gasteiger partial charge in [-0.05, 0) is 162 Å². The quantitative estimate of drug-likeness (QED) is 0.0507. The summed E-state index contributed by atoms with van der Waals surface area (Å²) in [5.74, 6) is 3.10. The summed E-state index contributed by atoms with van der Waals surface area (Å²) in [4.78, 5) is 72.2. The van der Waals surface area contributed by atoms with Gasteiger partial charge in [-0.15, -0.1) is 16.9 Å². The van der Waals surface area contributed by atoms with E-state index in [9.17, 15) is 24.6 Å². The number of thiazole rings is 1. The SMILES string of the molecule is Cc1ncsc1-c1ccc([C@H](C)NC(=O)[C@@H]2C[C@@H](O)CN2C(=O)[C@@H](c2cc(N3CCC(CC4CCN(CCOc5nc(N6CC7CCC(C6)N7C(=O)OC(C)(C)C)c6cnc(-c7cc(O)cc8ccc(F)c(C#C[Si](C(C)C)(C(C)C)C(C)C)c78)c(F)c6n5)CC4)CC3)no2)C(C)C)cc1. The number of nitrogens with zero attached hydrogens (tertiary/aromatic N) is 10. The summed E-state index contributed by atoms with van der Waals surface area (Å²) in [7, 11) is -2.36. The maximum Gasteiger partial charge on any atom is 0.410 e. The second-order valence-corrected chi connectivity index (χ2v) is 37.4.